The van der Waals surface area contributed by atoms with Crippen molar-refractivity contribution in [3.63, 3.8) is 0 Å². The molecular formula is C19H15FN4OS. The van der Waals surface area contributed by atoms with Crippen LogP contribution in [0.1, 0.15) is 16.0 Å². The summed E-state index contributed by atoms with van der Waals surface area (Å²) in [6, 6.07) is 15.3. The van der Waals surface area contributed by atoms with Gasteiger partial charge in [-0.25, -0.2) is 9.37 Å². The summed E-state index contributed by atoms with van der Waals surface area (Å²) in [6.07, 6.45) is 2.24. The van der Waals surface area contributed by atoms with Crippen molar-refractivity contribution in [2.24, 2.45) is 0 Å². The minimum absolute atomic E-state index is 0.0880. The highest BCUT2D eigenvalue weighted by Crippen LogP contribution is 2.21. The van der Waals surface area contributed by atoms with Gasteiger partial charge in [0.05, 0.1) is 18.2 Å². The van der Waals surface area contributed by atoms with E-state index in [1.165, 1.54) is 23.5 Å². The average Bonchev–Trinajstić information content (AvgIpc) is 3.07. The summed E-state index contributed by atoms with van der Waals surface area (Å²) in [5, 5.41) is 15.0. The first-order valence-electron chi connectivity index (χ1n) is 7.85. The van der Waals surface area contributed by atoms with Crippen LogP contribution in [-0.2, 0) is 11.2 Å². The van der Waals surface area contributed by atoms with E-state index in [1.54, 1.807) is 36.5 Å². The number of aromatic nitrogens is 1. The smallest absolute Gasteiger partial charge is 0.245 e. The average molecular weight is 366 g/mol. The number of carbonyl (C=O) groups is 1. The number of amides is 1. The summed E-state index contributed by atoms with van der Waals surface area (Å²) >= 11 is 1.36. The zero-order valence-corrected chi connectivity index (χ0v) is 14.5. The first-order valence-corrected chi connectivity index (χ1v) is 8.67. The standard InChI is InChI=1S/C19H15FN4OS/c20-15-3-1-2-14(8-15)9-17-11-23-19(26-17)24-18(25)12-22-16-6-4-13(10-21)5-7-16/h1-8,11,22H,9,12H2,(H,23,24,25). The van der Waals surface area contributed by atoms with E-state index in [-0.39, 0.29) is 18.3 Å². The summed E-state index contributed by atoms with van der Waals surface area (Å²) in [5.74, 6) is -0.490. The first-order chi connectivity index (χ1) is 12.6. The number of nitriles is 1. The van der Waals surface area contributed by atoms with Crippen LogP contribution in [0.25, 0.3) is 0 Å². The van der Waals surface area contributed by atoms with Crippen LogP contribution in [0.15, 0.2) is 54.7 Å². The number of nitrogens with one attached hydrogen (secondary N) is 2. The van der Waals surface area contributed by atoms with Gasteiger partial charge < -0.3 is 10.6 Å². The Labute approximate surface area is 154 Å². The van der Waals surface area contributed by atoms with Crippen LogP contribution in [0, 0.1) is 17.1 Å². The molecule has 1 amide bonds. The molecule has 0 spiro atoms. The van der Waals surface area contributed by atoms with Crippen molar-refractivity contribution < 1.29 is 9.18 Å². The van der Waals surface area contributed by atoms with E-state index < -0.39 is 0 Å². The van der Waals surface area contributed by atoms with Gasteiger partial charge in [-0.1, -0.05) is 12.1 Å². The van der Waals surface area contributed by atoms with Crippen molar-refractivity contribution in [2.75, 3.05) is 17.2 Å². The van der Waals surface area contributed by atoms with Gasteiger partial charge in [0, 0.05) is 23.2 Å². The molecule has 0 aliphatic heterocycles. The van der Waals surface area contributed by atoms with Gasteiger partial charge in [0.25, 0.3) is 0 Å². The summed E-state index contributed by atoms with van der Waals surface area (Å²) in [4.78, 5) is 17.1. The van der Waals surface area contributed by atoms with Gasteiger partial charge in [-0.05, 0) is 42.0 Å². The van der Waals surface area contributed by atoms with E-state index in [0.29, 0.717) is 17.1 Å². The maximum absolute atomic E-state index is 13.2. The van der Waals surface area contributed by atoms with Gasteiger partial charge in [-0.3, -0.25) is 4.79 Å². The van der Waals surface area contributed by atoms with E-state index in [0.717, 1.165) is 16.1 Å². The number of benzene rings is 2. The number of thiazole rings is 1. The molecule has 2 aromatic carbocycles. The molecule has 130 valence electrons. The van der Waals surface area contributed by atoms with E-state index in [4.69, 9.17) is 5.26 Å². The van der Waals surface area contributed by atoms with E-state index in [2.05, 4.69) is 15.6 Å². The molecule has 3 aromatic rings. The molecule has 0 saturated heterocycles. The molecule has 3 rings (SSSR count). The lowest BCUT2D eigenvalue weighted by molar-refractivity contribution is -0.114. The molecule has 0 unspecified atom stereocenters. The summed E-state index contributed by atoms with van der Waals surface area (Å²) in [5.41, 5.74) is 2.17. The Kier molecular flexibility index (Phi) is 5.56. The minimum atomic E-state index is -0.269. The maximum Gasteiger partial charge on any atom is 0.245 e. The third kappa shape index (κ3) is 4.88. The van der Waals surface area contributed by atoms with Crippen LogP contribution in [0.3, 0.4) is 0 Å². The number of hydrogen-bond donors (Lipinski definition) is 2. The molecule has 0 radical (unpaired) electrons. The van der Waals surface area contributed by atoms with E-state index in [1.807, 2.05) is 12.1 Å². The minimum Gasteiger partial charge on any atom is -0.376 e. The quantitative estimate of drug-likeness (QED) is 0.696. The molecule has 7 heteroatoms. The first kappa shape index (κ1) is 17.6. The van der Waals surface area contributed by atoms with Crippen molar-refractivity contribution in [2.45, 2.75) is 6.42 Å². The lowest BCUT2D eigenvalue weighted by Crippen LogP contribution is -2.21. The predicted molar refractivity (Wildman–Crippen MR) is 99.6 cm³/mol. The lowest BCUT2D eigenvalue weighted by Gasteiger charge is -2.05. The van der Waals surface area contributed by atoms with Crippen LogP contribution < -0.4 is 10.6 Å². The molecule has 0 saturated carbocycles. The molecular weight excluding hydrogens is 351 g/mol. The molecule has 0 fully saturated rings. The van der Waals surface area contributed by atoms with E-state index in [9.17, 15) is 9.18 Å². The highest BCUT2D eigenvalue weighted by molar-refractivity contribution is 7.15. The third-order valence-electron chi connectivity index (χ3n) is 3.53. The Balaban J connectivity index is 1.51. The van der Waals surface area contributed by atoms with Crippen molar-refractivity contribution in [1.29, 1.82) is 5.26 Å². The van der Waals surface area contributed by atoms with Crippen molar-refractivity contribution in [3.05, 3.63) is 76.5 Å². The van der Waals surface area contributed by atoms with Crippen LogP contribution >= 0.6 is 11.3 Å². The summed E-state index contributed by atoms with van der Waals surface area (Å²) < 4.78 is 13.2. The van der Waals surface area contributed by atoms with Gasteiger partial charge in [0.2, 0.25) is 5.91 Å². The van der Waals surface area contributed by atoms with Gasteiger partial charge in [-0.2, -0.15) is 5.26 Å². The van der Waals surface area contributed by atoms with Crippen molar-refractivity contribution in [1.82, 2.24) is 4.98 Å². The molecule has 1 aromatic heterocycles. The highest BCUT2D eigenvalue weighted by Gasteiger charge is 2.08. The van der Waals surface area contributed by atoms with Crippen LogP contribution in [-0.4, -0.2) is 17.4 Å². The van der Waals surface area contributed by atoms with Gasteiger partial charge in [-0.15, -0.1) is 11.3 Å². The summed E-state index contributed by atoms with van der Waals surface area (Å²) in [7, 11) is 0. The van der Waals surface area contributed by atoms with Crippen molar-refractivity contribution in [3.8, 4) is 6.07 Å². The third-order valence-corrected chi connectivity index (χ3v) is 4.45. The number of anilines is 2. The Morgan fingerprint density at radius 1 is 1.23 bits per heavy atom. The number of nitrogens with zero attached hydrogens (tertiary/aromatic N) is 2. The zero-order chi connectivity index (χ0) is 18.4. The molecule has 2 N–H and O–H groups in total. The largest absolute Gasteiger partial charge is 0.376 e. The monoisotopic (exact) mass is 366 g/mol. The molecule has 0 atom stereocenters. The SMILES string of the molecule is N#Cc1ccc(NCC(=O)Nc2ncc(Cc3cccc(F)c3)s2)cc1. The Morgan fingerprint density at radius 2 is 2.04 bits per heavy atom. The molecule has 1 heterocycles. The molecule has 0 aliphatic carbocycles. The van der Waals surface area contributed by atoms with Crippen LogP contribution in [0.5, 0.6) is 0 Å². The van der Waals surface area contributed by atoms with Gasteiger partial charge in [0.15, 0.2) is 5.13 Å². The van der Waals surface area contributed by atoms with Gasteiger partial charge >= 0.3 is 0 Å². The Hall–Kier alpha value is -3.24. The fourth-order valence-electron chi connectivity index (χ4n) is 2.30. The van der Waals surface area contributed by atoms with E-state index >= 15 is 0 Å². The Bertz CT molecular complexity index is 947. The summed E-state index contributed by atoms with van der Waals surface area (Å²) in [6.45, 7) is 0.0880. The highest BCUT2D eigenvalue weighted by atomic mass is 32.1. The second-order valence-electron chi connectivity index (χ2n) is 5.53. The molecule has 26 heavy (non-hydrogen) atoms. The molecule has 0 bridgehead atoms. The lowest BCUT2D eigenvalue weighted by atomic mass is 10.1. The number of halogens is 1. The second-order valence-corrected chi connectivity index (χ2v) is 6.64. The predicted octanol–water partition coefficient (Wildman–Crippen LogP) is 3.80. The topological polar surface area (TPSA) is 77.8 Å². The normalized spacial score (nSPS) is 10.2. The van der Waals surface area contributed by atoms with Crippen LogP contribution in [0.2, 0.25) is 0 Å². The fraction of sp³-hybridized carbons (Fsp3) is 0.105. The number of rotatable bonds is 6. The number of hydrogen-bond acceptors (Lipinski definition) is 5. The van der Waals surface area contributed by atoms with Gasteiger partial charge in [0.1, 0.15) is 5.82 Å². The maximum atomic E-state index is 13.2. The molecule has 0 aliphatic rings. The molecule has 5 nitrogen and oxygen atoms in total. The van der Waals surface area contributed by atoms with Crippen molar-refractivity contribution >= 4 is 28.1 Å². The second kappa shape index (κ2) is 8.23. The fourth-order valence-corrected chi connectivity index (χ4v) is 3.17. The van der Waals surface area contributed by atoms with Crippen LogP contribution in [0.4, 0.5) is 15.2 Å². The number of carbonyl (C=O) groups excluding carboxylic acids is 1. The zero-order valence-electron chi connectivity index (χ0n) is 13.7. The Morgan fingerprint density at radius 3 is 2.77 bits per heavy atom.